The lowest BCUT2D eigenvalue weighted by Crippen LogP contribution is -2.14. The average Bonchev–Trinajstić information content (AvgIpc) is 2.54. The van der Waals surface area contributed by atoms with Gasteiger partial charge in [-0.15, -0.1) is 0 Å². The van der Waals surface area contributed by atoms with Crippen LogP contribution in [0, 0.1) is 0 Å². The fourth-order valence-corrected chi connectivity index (χ4v) is 3.66. The van der Waals surface area contributed by atoms with Crippen LogP contribution in [0.5, 0.6) is 0 Å². The Morgan fingerprint density at radius 2 is 1.88 bits per heavy atom. The predicted octanol–water partition coefficient (Wildman–Crippen LogP) is 1.30. The molecule has 0 aliphatic carbocycles. The van der Waals surface area contributed by atoms with Gasteiger partial charge in [0, 0.05) is 28.9 Å². The van der Waals surface area contributed by atoms with Crippen molar-refractivity contribution in [3.8, 4) is 0 Å². The summed E-state index contributed by atoms with van der Waals surface area (Å²) >= 11 is 0. The molecule has 0 saturated heterocycles. The maximum absolute atomic E-state index is 11.7. The van der Waals surface area contributed by atoms with Crippen molar-refractivity contribution in [1.29, 1.82) is 0 Å². The SMILES string of the molecule is CCc1cn(S(C)(=O)=O)c(CS(C)=O)c1CC. The summed E-state index contributed by atoms with van der Waals surface area (Å²) in [4.78, 5) is 0. The third-order valence-corrected chi connectivity index (χ3v) is 4.43. The summed E-state index contributed by atoms with van der Waals surface area (Å²) in [6.45, 7) is 3.98. The van der Waals surface area contributed by atoms with Crippen LogP contribution in [-0.2, 0) is 39.4 Å². The molecule has 0 spiro atoms. The fourth-order valence-electron chi connectivity index (χ4n) is 1.99. The summed E-state index contributed by atoms with van der Waals surface area (Å²) in [6.07, 6.45) is 5.97. The molecule has 4 nitrogen and oxygen atoms in total. The Balaban J connectivity index is 3.49. The van der Waals surface area contributed by atoms with Gasteiger partial charge in [-0.05, 0) is 24.0 Å². The van der Waals surface area contributed by atoms with Crippen LogP contribution in [0.4, 0.5) is 0 Å². The predicted molar refractivity (Wildman–Crippen MR) is 71.2 cm³/mol. The van der Waals surface area contributed by atoms with E-state index >= 15 is 0 Å². The van der Waals surface area contributed by atoms with Crippen molar-refractivity contribution in [1.82, 2.24) is 3.97 Å². The molecular formula is C11H19NO3S2. The molecule has 1 atom stereocenters. The summed E-state index contributed by atoms with van der Waals surface area (Å²) in [5.74, 6) is 0.288. The highest BCUT2D eigenvalue weighted by Gasteiger charge is 2.19. The van der Waals surface area contributed by atoms with Gasteiger partial charge in [-0.2, -0.15) is 0 Å². The molecule has 0 aromatic carbocycles. The maximum Gasteiger partial charge on any atom is 0.235 e. The molecular weight excluding hydrogens is 258 g/mol. The van der Waals surface area contributed by atoms with Gasteiger partial charge in [0.1, 0.15) is 0 Å². The Bertz CT molecular complexity index is 529. The van der Waals surface area contributed by atoms with Crippen molar-refractivity contribution in [3.63, 3.8) is 0 Å². The highest BCUT2D eigenvalue weighted by molar-refractivity contribution is 7.89. The Kier molecular flexibility index (Phi) is 4.55. The van der Waals surface area contributed by atoms with Gasteiger partial charge >= 0.3 is 0 Å². The quantitative estimate of drug-likeness (QED) is 0.815. The second-order valence-corrected chi connectivity index (χ2v) is 7.36. The highest BCUT2D eigenvalue weighted by Crippen LogP contribution is 2.22. The number of nitrogens with zero attached hydrogens (tertiary/aromatic N) is 1. The Morgan fingerprint density at radius 3 is 2.24 bits per heavy atom. The Labute approximate surface area is 106 Å². The Morgan fingerprint density at radius 1 is 1.29 bits per heavy atom. The van der Waals surface area contributed by atoms with E-state index in [0.29, 0.717) is 5.69 Å². The van der Waals surface area contributed by atoms with Crippen LogP contribution in [0.15, 0.2) is 6.20 Å². The molecule has 6 heteroatoms. The second-order valence-electron chi connectivity index (χ2n) is 4.06. The van der Waals surface area contributed by atoms with E-state index in [-0.39, 0.29) is 5.75 Å². The largest absolute Gasteiger partial charge is 0.259 e. The van der Waals surface area contributed by atoms with Gasteiger partial charge in [-0.1, -0.05) is 13.8 Å². The van der Waals surface area contributed by atoms with Crippen molar-refractivity contribution < 1.29 is 12.6 Å². The minimum atomic E-state index is -3.32. The molecule has 1 heterocycles. The number of aromatic nitrogens is 1. The van der Waals surface area contributed by atoms with Crippen molar-refractivity contribution in [2.75, 3.05) is 12.5 Å². The minimum absolute atomic E-state index is 0.288. The van der Waals surface area contributed by atoms with Crippen LogP contribution in [-0.4, -0.2) is 29.1 Å². The molecule has 1 unspecified atom stereocenters. The third kappa shape index (κ3) is 3.19. The van der Waals surface area contributed by atoms with Gasteiger partial charge in [0.05, 0.1) is 12.0 Å². The van der Waals surface area contributed by atoms with E-state index in [4.69, 9.17) is 0 Å². The topological polar surface area (TPSA) is 56.1 Å². The van der Waals surface area contributed by atoms with Crippen molar-refractivity contribution in [2.45, 2.75) is 32.4 Å². The molecule has 0 radical (unpaired) electrons. The van der Waals surface area contributed by atoms with Crippen molar-refractivity contribution in [3.05, 3.63) is 23.0 Å². The van der Waals surface area contributed by atoms with Gasteiger partial charge in [0.25, 0.3) is 0 Å². The van der Waals surface area contributed by atoms with Gasteiger partial charge in [-0.25, -0.2) is 12.4 Å². The monoisotopic (exact) mass is 277 g/mol. The zero-order chi connectivity index (χ0) is 13.2. The van der Waals surface area contributed by atoms with Crippen LogP contribution >= 0.6 is 0 Å². The first kappa shape index (κ1) is 14.4. The van der Waals surface area contributed by atoms with E-state index in [0.717, 1.165) is 24.0 Å². The number of aryl methyl sites for hydroxylation is 1. The fraction of sp³-hybridized carbons (Fsp3) is 0.636. The lowest BCUT2D eigenvalue weighted by Gasteiger charge is -2.07. The summed E-state index contributed by atoms with van der Waals surface area (Å²) in [6, 6.07) is 0. The van der Waals surface area contributed by atoms with Crippen LogP contribution in [0.2, 0.25) is 0 Å². The zero-order valence-corrected chi connectivity index (χ0v) is 12.3. The third-order valence-electron chi connectivity index (χ3n) is 2.71. The van der Waals surface area contributed by atoms with Crippen LogP contribution < -0.4 is 0 Å². The van der Waals surface area contributed by atoms with Gasteiger partial charge < -0.3 is 0 Å². The van der Waals surface area contributed by atoms with Crippen molar-refractivity contribution >= 4 is 20.8 Å². The summed E-state index contributed by atoms with van der Waals surface area (Å²) in [5, 5.41) is 0. The second kappa shape index (κ2) is 5.35. The molecule has 1 rings (SSSR count). The number of hydrogen-bond donors (Lipinski definition) is 0. The standard InChI is InChI=1S/C11H19NO3S2/c1-5-9-7-12(17(4,14)15)11(8-16(3)13)10(9)6-2/h7H,5-6,8H2,1-4H3. The number of hydrogen-bond acceptors (Lipinski definition) is 3. The zero-order valence-electron chi connectivity index (χ0n) is 10.7. The lowest BCUT2D eigenvalue weighted by atomic mass is 10.1. The van der Waals surface area contributed by atoms with E-state index in [1.165, 1.54) is 10.2 Å². The van der Waals surface area contributed by atoms with Crippen LogP contribution in [0.25, 0.3) is 0 Å². The normalized spacial score (nSPS) is 13.9. The minimum Gasteiger partial charge on any atom is -0.259 e. The van der Waals surface area contributed by atoms with E-state index in [1.54, 1.807) is 12.5 Å². The van der Waals surface area contributed by atoms with Crippen LogP contribution in [0.3, 0.4) is 0 Å². The Hall–Kier alpha value is -0.620. The average molecular weight is 277 g/mol. The van der Waals surface area contributed by atoms with Gasteiger partial charge in [0.2, 0.25) is 10.0 Å². The molecule has 0 N–H and O–H groups in total. The first-order chi connectivity index (χ1) is 7.81. The molecule has 0 amide bonds. The van der Waals surface area contributed by atoms with Crippen LogP contribution in [0.1, 0.15) is 30.7 Å². The molecule has 0 bridgehead atoms. The maximum atomic E-state index is 11.7. The molecule has 0 saturated carbocycles. The molecule has 0 fully saturated rings. The lowest BCUT2D eigenvalue weighted by molar-refractivity contribution is 0.592. The first-order valence-electron chi connectivity index (χ1n) is 5.53. The molecule has 1 aromatic rings. The molecule has 0 aliphatic heterocycles. The first-order valence-corrected chi connectivity index (χ1v) is 9.11. The van der Waals surface area contributed by atoms with Crippen molar-refractivity contribution in [2.24, 2.45) is 0 Å². The van der Waals surface area contributed by atoms with E-state index < -0.39 is 20.8 Å². The van der Waals surface area contributed by atoms with E-state index in [9.17, 15) is 12.6 Å². The van der Waals surface area contributed by atoms with E-state index in [1.807, 2.05) is 13.8 Å². The molecule has 1 aromatic heterocycles. The molecule has 17 heavy (non-hydrogen) atoms. The summed E-state index contributed by atoms with van der Waals surface area (Å²) in [5.41, 5.74) is 2.72. The molecule has 0 aliphatic rings. The highest BCUT2D eigenvalue weighted by atomic mass is 32.2. The number of rotatable bonds is 5. The molecule has 98 valence electrons. The van der Waals surface area contributed by atoms with Gasteiger partial charge in [0.15, 0.2) is 0 Å². The summed E-state index contributed by atoms with van der Waals surface area (Å²) in [7, 11) is -4.37. The van der Waals surface area contributed by atoms with Gasteiger partial charge in [-0.3, -0.25) is 4.21 Å². The van der Waals surface area contributed by atoms with E-state index in [2.05, 4.69) is 0 Å². The smallest absolute Gasteiger partial charge is 0.235 e. The summed E-state index contributed by atoms with van der Waals surface area (Å²) < 4.78 is 36.0.